The summed E-state index contributed by atoms with van der Waals surface area (Å²) < 4.78 is 46.1. The Morgan fingerprint density at radius 3 is 2.90 bits per heavy atom. The standard InChI is InChI=1S/C20H20ClFN4O4S/c21-15-10-13(3-4-16(15)22)11-23-20(27)14-2-1-9-26(12-14)31(28,29)19-6-5-18(30-19)17-7-8-24-25-17/h3-8,10,14H,1-2,9,11-12H2,(H,23,27)(H,24,25)/t14-/m1/s1. The second-order valence-electron chi connectivity index (χ2n) is 7.26. The first-order valence-corrected chi connectivity index (χ1v) is 11.5. The van der Waals surface area contributed by atoms with E-state index in [9.17, 15) is 17.6 Å². The Balaban J connectivity index is 1.41. The van der Waals surface area contributed by atoms with Crippen molar-refractivity contribution in [1.82, 2.24) is 19.8 Å². The van der Waals surface area contributed by atoms with Gasteiger partial charge in [-0.1, -0.05) is 17.7 Å². The average molecular weight is 467 g/mol. The fraction of sp³-hybridized carbons (Fsp3) is 0.300. The number of aromatic nitrogens is 2. The number of carbonyl (C=O) groups excluding carboxylic acids is 1. The highest BCUT2D eigenvalue weighted by Gasteiger charge is 2.35. The zero-order valence-corrected chi connectivity index (χ0v) is 17.9. The summed E-state index contributed by atoms with van der Waals surface area (Å²) in [6.45, 7) is 0.534. The van der Waals surface area contributed by atoms with Gasteiger partial charge < -0.3 is 9.73 Å². The van der Waals surface area contributed by atoms with Crippen molar-refractivity contribution in [2.24, 2.45) is 5.92 Å². The smallest absolute Gasteiger partial charge is 0.276 e. The summed E-state index contributed by atoms with van der Waals surface area (Å²) >= 11 is 5.76. The molecule has 1 fully saturated rings. The van der Waals surface area contributed by atoms with Crippen molar-refractivity contribution in [2.45, 2.75) is 24.5 Å². The number of H-pyrrole nitrogens is 1. The van der Waals surface area contributed by atoms with E-state index < -0.39 is 21.8 Å². The maximum atomic E-state index is 13.3. The van der Waals surface area contributed by atoms with Crippen LogP contribution >= 0.6 is 11.6 Å². The minimum atomic E-state index is -3.88. The van der Waals surface area contributed by atoms with Crippen LogP contribution in [0.2, 0.25) is 5.02 Å². The summed E-state index contributed by atoms with van der Waals surface area (Å²) in [6, 6.07) is 8.84. The van der Waals surface area contributed by atoms with Crippen molar-refractivity contribution >= 4 is 27.5 Å². The number of furan rings is 1. The van der Waals surface area contributed by atoms with Gasteiger partial charge in [0.25, 0.3) is 10.0 Å². The van der Waals surface area contributed by atoms with Crippen LogP contribution in [0.1, 0.15) is 18.4 Å². The molecule has 0 radical (unpaired) electrons. The summed E-state index contributed by atoms with van der Waals surface area (Å²) in [4.78, 5) is 12.6. The largest absolute Gasteiger partial charge is 0.442 e. The van der Waals surface area contributed by atoms with E-state index in [1.807, 2.05) is 0 Å². The van der Waals surface area contributed by atoms with E-state index >= 15 is 0 Å². The van der Waals surface area contributed by atoms with Crippen molar-refractivity contribution in [2.75, 3.05) is 13.1 Å². The van der Waals surface area contributed by atoms with Gasteiger partial charge in [-0.15, -0.1) is 0 Å². The Morgan fingerprint density at radius 2 is 2.16 bits per heavy atom. The van der Waals surface area contributed by atoms with Crippen molar-refractivity contribution in [3.63, 3.8) is 0 Å². The van der Waals surface area contributed by atoms with Crippen LogP contribution in [0, 0.1) is 11.7 Å². The number of nitrogens with zero attached hydrogens (tertiary/aromatic N) is 2. The van der Waals surface area contributed by atoms with Gasteiger partial charge in [-0.25, -0.2) is 12.8 Å². The molecule has 1 saturated heterocycles. The molecule has 164 valence electrons. The molecule has 1 aliphatic rings. The molecular formula is C20H20ClFN4O4S. The lowest BCUT2D eigenvalue weighted by molar-refractivity contribution is -0.126. The van der Waals surface area contributed by atoms with Crippen LogP contribution in [0.25, 0.3) is 11.5 Å². The molecule has 0 aliphatic carbocycles. The number of hydrogen-bond acceptors (Lipinski definition) is 5. The number of nitrogens with one attached hydrogen (secondary N) is 2. The van der Waals surface area contributed by atoms with Crippen LogP contribution in [-0.2, 0) is 21.4 Å². The minimum absolute atomic E-state index is 0.0189. The van der Waals surface area contributed by atoms with Gasteiger partial charge in [-0.3, -0.25) is 9.89 Å². The van der Waals surface area contributed by atoms with Crippen LogP contribution in [0.15, 0.2) is 52.1 Å². The summed E-state index contributed by atoms with van der Waals surface area (Å²) in [5.41, 5.74) is 1.22. The number of benzene rings is 1. The predicted octanol–water partition coefficient (Wildman–Crippen LogP) is 3.18. The highest BCUT2D eigenvalue weighted by Crippen LogP contribution is 2.28. The molecule has 31 heavy (non-hydrogen) atoms. The topological polar surface area (TPSA) is 108 Å². The Bertz CT molecular complexity index is 1180. The summed E-state index contributed by atoms with van der Waals surface area (Å²) in [7, 11) is -3.88. The first kappa shape index (κ1) is 21.5. The van der Waals surface area contributed by atoms with Gasteiger partial charge in [0.15, 0.2) is 5.76 Å². The molecule has 4 rings (SSSR count). The van der Waals surface area contributed by atoms with Crippen molar-refractivity contribution < 1.29 is 22.0 Å². The second-order valence-corrected chi connectivity index (χ2v) is 9.53. The van der Waals surface area contributed by atoms with Gasteiger partial charge in [0.05, 0.1) is 10.9 Å². The lowest BCUT2D eigenvalue weighted by Crippen LogP contribution is -2.45. The molecule has 2 N–H and O–H groups in total. The quantitative estimate of drug-likeness (QED) is 0.580. The molecule has 1 aromatic carbocycles. The number of aromatic amines is 1. The Kier molecular flexibility index (Phi) is 6.12. The van der Waals surface area contributed by atoms with Crippen LogP contribution < -0.4 is 5.32 Å². The molecule has 0 unspecified atom stereocenters. The molecule has 0 bridgehead atoms. The number of halogens is 2. The zero-order chi connectivity index (χ0) is 22.0. The summed E-state index contributed by atoms with van der Waals surface area (Å²) in [5, 5.41) is 9.12. The zero-order valence-electron chi connectivity index (χ0n) is 16.3. The Morgan fingerprint density at radius 1 is 1.32 bits per heavy atom. The molecule has 2 aromatic heterocycles. The molecule has 3 aromatic rings. The summed E-state index contributed by atoms with van der Waals surface area (Å²) in [5.74, 6) is -0.932. The van der Waals surface area contributed by atoms with Gasteiger partial charge in [-0.05, 0) is 48.7 Å². The number of carbonyl (C=O) groups is 1. The maximum Gasteiger partial charge on any atom is 0.276 e. The van der Waals surface area contributed by atoms with E-state index in [1.165, 1.54) is 28.6 Å². The van der Waals surface area contributed by atoms with Crippen LogP contribution in [0.3, 0.4) is 0 Å². The number of rotatable bonds is 6. The number of piperidine rings is 1. The Hall–Kier alpha value is -2.69. The van der Waals surface area contributed by atoms with Crippen molar-refractivity contribution in [3.8, 4) is 11.5 Å². The van der Waals surface area contributed by atoms with Gasteiger partial charge in [0.2, 0.25) is 11.0 Å². The normalized spacial score (nSPS) is 17.5. The molecule has 1 amide bonds. The van der Waals surface area contributed by atoms with Gasteiger partial charge >= 0.3 is 0 Å². The number of sulfonamides is 1. The molecule has 1 atom stereocenters. The molecule has 11 heteroatoms. The van der Waals surface area contributed by atoms with Crippen LogP contribution in [0.4, 0.5) is 4.39 Å². The average Bonchev–Trinajstić information content (AvgIpc) is 3.46. The molecule has 0 spiro atoms. The Labute approximate surface area is 183 Å². The summed E-state index contributed by atoms with van der Waals surface area (Å²) in [6.07, 6.45) is 2.66. The van der Waals surface area contributed by atoms with Crippen LogP contribution in [0.5, 0.6) is 0 Å². The van der Waals surface area contributed by atoms with E-state index in [-0.39, 0.29) is 29.1 Å². The monoisotopic (exact) mass is 466 g/mol. The minimum Gasteiger partial charge on any atom is -0.442 e. The van der Waals surface area contributed by atoms with Crippen molar-refractivity contribution in [3.05, 3.63) is 59.0 Å². The third-order valence-electron chi connectivity index (χ3n) is 5.15. The third-order valence-corrected chi connectivity index (χ3v) is 7.18. The van der Waals surface area contributed by atoms with E-state index in [0.717, 1.165) is 0 Å². The van der Waals surface area contributed by atoms with Crippen molar-refractivity contribution in [1.29, 1.82) is 0 Å². The first-order chi connectivity index (χ1) is 14.8. The van der Waals surface area contributed by atoms with E-state index in [0.29, 0.717) is 36.4 Å². The highest BCUT2D eigenvalue weighted by molar-refractivity contribution is 7.89. The third kappa shape index (κ3) is 4.65. The van der Waals surface area contributed by atoms with Gasteiger partial charge in [-0.2, -0.15) is 9.40 Å². The van der Waals surface area contributed by atoms with E-state index in [1.54, 1.807) is 18.3 Å². The lowest BCUT2D eigenvalue weighted by atomic mass is 9.99. The second kappa shape index (κ2) is 8.81. The molecule has 1 aliphatic heterocycles. The molecule has 3 heterocycles. The highest BCUT2D eigenvalue weighted by atomic mass is 35.5. The van der Waals surface area contributed by atoms with E-state index in [2.05, 4.69) is 15.5 Å². The van der Waals surface area contributed by atoms with Gasteiger partial charge in [0, 0.05) is 25.8 Å². The van der Waals surface area contributed by atoms with Gasteiger partial charge in [0.1, 0.15) is 11.5 Å². The molecule has 8 nitrogen and oxygen atoms in total. The number of amides is 1. The SMILES string of the molecule is O=C(NCc1ccc(F)c(Cl)c1)[C@@H]1CCCN(S(=O)(=O)c2ccc(-c3ccn[nH]3)o2)C1. The molecule has 0 saturated carbocycles. The predicted molar refractivity (Wildman–Crippen MR) is 111 cm³/mol. The first-order valence-electron chi connectivity index (χ1n) is 9.66. The molecular weight excluding hydrogens is 447 g/mol. The van der Waals surface area contributed by atoms with E-state index in [4.69, 9.17) is 16.0 Å². The van der Waals surface area contributed by atoms with Crippen LogP contribution in [-0.4, -0.2) is 41.9 Å². The fourth-order valence-electron chi connectivity index (χ4n) is 3.48. The number of hydrogen-bond donors (Lipinski definition) is 2. The maximum absolute atomic E-state index is 13.3. The lowest BCUT2D eigenvalue weighted by Gasteiger charge is -2.30. The fourth-order valence-corrected chi connectivity index (χ4v) is 5.12.